The largest absolute Gasteiger partial charge is 0.312 e. The zero-order valence-electron chi connectivity index (χ0n) is 9.45. The molecule has 2 rings (SSSR count). The van der Waals surface area contributed by atoms with Crippen LogP contribution in [0.4, 0.5) is 0 Å². The number of hydrogen-bond donors (Lipinski definition) is 0. The minimum absolute atomic E-state index is 0.0725. The van der Waals surface area contributed by atoms with E-state index < -0.39 is 0 Å². The highest BCUT2D eigenvalue weighted by Crippen LogP contribution is 2.25. The Kier molecular flexibility index (Phi) is 2.46. The molecular weight excluding hydrogens is 212 g/mol. The maximum Gasteiger partial charge on any atom is 0.158 e. The van der Waals surface area contributed by atoms with E-state index >= 15 is 0 Å². The van der Waals surface area contributed by atoms with Crippen LogP contribution in [-0.4, -0.2) is 19.3 Å². The highest BCUT2D eigenvalue weighted by atomic mass is 35.5. The molecule has 0 spiro atoms. The van der Waals surface area contributed by atoms with E-state index in [1.807, 2.05) is 25.6 Å². The van der Waals surface area contributed by atoms with Crippen molar-refractivity contribution < 1.29 is 0 Å². The molecule has 0 aliphatic rings. The van der Waals surface area contributed by atoms with Gasteiger partial charge in [-0.15, -0.1) is 11.6 Å². The van der Waals surface area contributed by atoms with Crippen LogP contribution >= 0.6 is 11.6 Å². The lowest BCUT2D eigenvalue weighted by Gasteiger charge is -2.07. The Hall–Kier alpha value is -1.03. The van der Waals surface area contributed by atoms with Crippen LogP contribution in [0, 0.1) is 6.92 Å². The Balaban J connectivity index is 2.80. The number of hydrogen-bond acceptors (Lipinski definition) is 2. The Morgan fingerprint density at radius 1 is 1.47 bits per heavy atom. The standard InChI is InChI=1S/C10H15ClN4/c1-5-15-9(6(2)11)12-8-7(3)13-14(4)10(8)15/h6H,5H2,1-4H3. The van der Waals surface area contributed by atoms with E-state index in [-0.39, 0.29) is 5.38 Å². The van der Waals surface area contributed by atoms with Crippen molar-refractivity contribution in [2.45, 2.75) is 32.7 Å². The topological polar surface area (TPSA) is 35.6 Å². The van der Waals surface area contributed by atoms with Crippen LogP contribution in [0.2, 0.25) is 0 Å². The molecule has 82 valence electrons. The number of aryl methyl sites for hydroxylation is 3. The number of fused-ring (bicyclic) bond motifs is 1. The highest BCUT2D eigenvalue weighted by Gasteiger charge is 2.18. The molecule has 5 heteroatoms. The molecule has 1 unspecified atom stereocenters. The van der Waals surface area contributed by atoms with Crippen molar-refractivity contribution in [3.05, 3.63) is 11.5 Å². The van der Waals surface area contributed by atoms with E-state index in [0.29, 0.717) is 0 Å². The van der Waals surface area contributed by atoms with Crippen LogP contribution in [-0.2, 0) is 13.6 Å². The van der Waals surface area contributed by atoms with Crippen LogP contribution in [0.1, 0.15) is 30.7 Å². The molecule has 0 aromatic carbocycles. The monoisotopic (exact) mass is 226 g/mol. The van der Waals surface area contributed by atoms with Gasteiger partial charge in [-0.25, -0.2) is 4.98 Å². The molecule has 0 saturated heterocycles. The third kappa shape index (κ3) is 1.44. The van der Waals surface area contributed by atoms with Crippen molar-refractivity contribution >= 4 is 22.8 Å². The summed E-state index contributed by atoms with van der Waals surface area (Å²) in [7, 11) is 1.94. The molecule has 2 aromatic heterocycles. The summed E-state index contributed by atoms with van der Waals surface area (Å²) in [5.74, 6) is 0.922. The van der Waals surface area contributed by atoms with Gasteiger partial charge in [0.1, 0.15) is 11.3 Å². The van der Waals surface area contributed by atoms with Crippen molar-refractivity contribution in [1.82, 2.24) is 19.3 Å². The Bertz CT molecular complexity index is 495. The summed E-state index contributed by atoms with van der Waals surface area (Å²) >= 11 is 6.11. The Morgan fingerprint density at radius 3 is 2.67 bits per heavy atom. The molecule has 0 aliphatic heterocycles. The Morgan fingerprint density at radius 2 is 2.13 bits per heavy atom. The van der Waals surface area contributed by atoms with Crippen LogP contribution in [0.3, 0.4) is 0 Å². The minimum Gasteiger partial charge on any atom is -0.312 e. The van der Waals surface area contributed by atoms with Crippen molar-refractivity contribution in [3.8, 4) is 0 Å². The fourth-order valence-corrected chi connectivity index (χ4v) is 2.13. The molecule has 0 N–H and O–H groups in total. The van der Waals surface area contributed by atoms with Gasteiger partial charge < -0.3 is 4.57 Å². The fraction of sp³-hybridized carbons (Fsp3) is 0.600. The van der Waals surface area contributed by atoms with E-state index in [4.69, 9.17) is 11.6 Å². The number of rotatable bonds is 2. The predicted octanol–water partition coefficient (Wildman–Crippen LogP) is 2.40. The van der Waals surface area contributed by atoms with E-state index in [9.17, 15) is 0 Å². The number of alkyl halides is 1. The van der Waals surface area contributed by atoms with Crippen molar-refractivity contribution in [2.75, 3.05) is 0 Å². The first-order valence-electron chi connectivity index (χ1n) is 5.10. The average molecular weight is 227 g/mol. The molecule has 0 radical (unpaired) electrons. The van der Waals surface area contributed by atoms with Gasteiger partial charge in [-0.3, -0.25) is 4.68 Å². The summed E-state index contributed by atoms with van der Waals surface area (Å²) in [6.07, 6.45) is 0. The van der Waals surface area contributed by atoms with Crippen LogP contribution in [0.15, 0.2) is 0 Å². The summed E-state index contributed by atoms with van der Waals surface area (Å²) < 4.78 is 3.98. The van der Waals surface area contributed by atoms with Gasteiger partial charge in [0, 0.05) is 13.6 Å². The molecule has 0 saturated carbocycles. The van der Waals surface area contributed by atoms with E-state index in [1.165, 1.54) is 0 Å². The second-order valence-electron chi connectivity index (χ2n) is 3.71. The first-order valence-corrected chi connectivity index (χ1v) is 5.53. The lowest BCUT2D eigenvalue weighted by molar-refractivity contribution is 0.670. The number of nitrogens with zero attached hydrogens (tertiary/aromatic N) is 4. The first kappa shape index (κ1) is 10.5. The van der Waals surface area contributed by atoms with Crippen LogP contribution in [0.25, 0.3) is 11.2 Å². The lowest BCUT2D eigenvalue weighted by Crippen LogP contribution is -2.06. The summed E-state index contributed by atoms with van der Waals surface area (Å²) in [5, 5.41) is 4.28. The maximum absolute atomic E-state index is 6.11. The van der Waals surface area contributed by atoms with Gasteiger partial charge >= 0.3 is 0 Å². The molecule has 0 amide bonds. The van der Waals surface area contributed by atoms with Gasteiger partial charge in [-0.1, -0.05) is 0 Å². The SMILES string of the molecule is CCn1c(C(C)Cl)nc2c(C)nn(C)c21. The van der Waals surface area contributed by atoms with Crippen molar-refractivity contribution in [2.24, 2.45) is 7.05 Å². The van der Waals surface area contributed by atoms with Gasteiger partial charge in [0.15, 0.2) is 5.65 Å². The van der Waals surface area contributed by atoms with Gasteiger partial charge in [0.05, 0.1) is 11.1 Å². The van der Waals surface area contributed by atoms with E-state index in [0.717, 1.165) is 29.2 Å². The Labute approximate surface area is 93.9 Å². The molecule has 0 aliphatic carbocycles. The third-order valence-corrected chi connectivity index (χ3v) is 2.79. The first-order chi connectivity index (χ1) is 7.06. The summed E-state index contributed by atoms with van der Waals surface area (Å²) in [4.78, 5) is 4.55. The molecule has 2 heterocycles. The molecule has 0 fully saturated rings. The second-order valence-corrected chi connectivity index (χ2v) is 4.37. The van der Waals surface area contributed by atoms with E-state index in [1.54, 1.807) is 0 Å². The van der Waals surface area contributed by atoms with Crippen LogP contribution in [0.5, 0.6) is 0 Å². The normalized spacial score (nSPS) is 13.7. The quantitative estimate of drug-likeness (QED) is 0.738. The molecule has 2 aromatic rings. The van der Waals surface area contributed by atoms with Crippen LogP contribution < -0.4 is 0 Å². The summed E-state index contributed by atoms with van der Waals surface area (Å²) in [5.41, 5.74) is 2.97. The molecule has 0 bridgehead atoms. The third-order valence-electron chi connectivity index (χ3n) is 2.59. The zero-order chi connectivity index (χ0) is 11.2. The van der Waals surface area contributed by atoms with Crippen molar-refractivity contribution in [3.63, 3.8) is 0 Å². The van der Waals surface area contributed by atoms with Gasteiger partial charge in [0.2, 0.25) is 0 Å². The van der Waals surface area contributed by atoms with Gasteiger partial charge in [-0.05, 0) is 20.8 Å². The second kappa shape index (κ2) is 3.52. The van der Waals surface area contributed by atoms with Crippen molar-refractivity contribution in [1.29, 1.82) is 0 Å². The average Bonchev–Trinajstić information content (AvgIpc) is 2.66. The van der Waals surface area contributed by atoms with Gasteiger partial charge in [-0.2, -0.15) is 5.10 Å². The lowest BCUT2D eigenvalue weighted by atomic mass is 10.4. The predicted molar refractivity (Wildman–Crippen MR) is 61.2 cm³/mol. The molecule has 4 nitrogen and oxygen atoms in total. The smallest absolute Gasteiger partial charge is 0.158 e. The number of aromatic nitrogens is 4. The molecular formula is C10H15ClN4. The number of halogens is 1. The minimum atomic E-state index is -0.0725. The molecule has 15 heavy (non-hydrogen) atoms. The van der Waals surface area contributed by atoms with Gasteiger partial charge in [0.25, 0.3) is 0 Å². The molecule has 1 atom stereocenters. The fourth-order valence-electron chi connectivity index (χ4n) is 1.97. The number of imidazole rings is 1. The zero-order valence-corrected chi connectivity index (χ0v) is 10.2. The van der Waals surface area contributed by atoms with E-state index in [2.05, 4.69) is 21.6 Å². The maximum atomic E-state index is 6.11. The summed E-state index contributed by atoms with van der Waals surface area (Å²) in [6, 6.07) is 0. The summed E-state index contributed by atoms with van der Waals surface area (Å²) in [6.45, 7) is 6.86. The highest BCUT2D eigenvalue weighted by molar-refractivity contribution is 6.20.